The number of unbranched alkanes of at least 4 members (excludes halogenated alkanes) is 1. The van der Waals surface area contributed by atoms with Crippen molar-refractivity contribution in [3.8, 4) is 6.07 Å². The molecule has 110 valence electrons. The van der Waals surface area contributed by atoms with Crippen LogP contribution in [-0.4, -0.2) is 37.4 Å². The van der Waals surface area contributed by atoms with Gasteiger partial charge in [0.1, 0.15) is 6.07 Å². The topological polar surface area (TPSA) is 61.2 Å². The monoisotopic (exact) mass is 312 g/mol. The van der Waals surface area contributed by atoms with Crippen molar-refractivity contribution < 1.29 is 8.42 Å². The summed E-state index contributed by atoms with van der Waals surface area (Å²) in [4.78, 5) is 3.42. The van der Waals surface area contributed by atoms with E-state index in [0.29, 0.717) is 11.3 Å². The number of sulfone groups is 1. The highest BCUT2D eigenvalue weighted by Crippen LogP contribution is 2.23. The van der Waals surface area contributed by atoms with Gasteiger partial charge in [-0.2, -0.15) is 5.26 Å². The predicted molar refractivity (Wildman–Crippen MR) is 81.4 cm³/mol. The first kappa shape index (κ1) is 15.5. The highest BCUT2D eigenvalue weighted by molar-refractivity contribution is 7.91. The molecule has 0 saturated carbocycles. The Labute approximate surface area is 124 Å². The van der Waals surface area contributed by atoms with E-state index in [2.05, 4.69) is 17.9 Å². The van der Waals surface area contributed by atoms with Gasteiger partial charge >= 0.3 is 0 Å². The van der Waals surface area contributed by atoms with Crippen LogP contribution in [0.15, 0.2) is 11.4 Å². The third-order valence-electron chi connectivity index (χ3n) is 3.67. The molecule has 1 aliphatic heterocycles. The Kier molecular flexibility index (Phi) is 5.19. The minimum atomic E-state index is -2.85. The molecular formula is C14H20N2O2S2. The van der Waals surface area contributed by atoms with Crippen molar-refractivity contribution in [3.05, 3.63) is 21.9 Å². The van der Waals surface area contributed by atoms with Crippen molar-refractivity contribution in [2.75, 3.05) is 18.1 Å². The van der Waals surface area contributed by atoms with E-state index in [4.69, 9.17) is 5.26 Å². The van der Waals surface area contributed by atoms with Gasteiger partial charge in [-0.25, -0.2) is 8.42 Å². The summed E-state index contributed by atoms with van der Waals surface area (Å²) in [5.74, 6) is 0.599. The number of nitriles is 1. The molecule has 6 heteroatoms. The first-order chi connectivity index (χ1) is 9.54. The summed E-state index contributed by atoms with van der Waals surface area (Å²) in [6.45, 7) is 3.82. The predicted octanol–water partition coefficient (Wildman–Crippen LogP) is 2.41. The zero-order valence-corrected chi connectivity index (χ0v) is 13.3. The van der Waals surface area contributed by atoms with Gasteiger partial charge in [0.2, 0.25) is 0 Å². The fourth-order valence-electron chi connectivity index (χ4n) is 2.54. The Morgan fingerprint density at radius 2 is 2.35 bits per heavy atom. The highest BCUT2D eigenvalue weighted by atomic mass is 32.2. The maximum Gasteiger partial charge on any atom is 0.151 e. The summed E-state index contributed by atoms with van der Waals surface area (Å²) < 4.78 is 23.3. The van der Waals surface area contributed by atoms with Gasteiger partial charge in [-0.05, 0) is 25.5 Å². The third-order valence-corrected chi connectivity index (χ3v) is 6.34. The Morgan fingerprint density at radius 1 is 1.55 bits per heavy atom. The van der Waals surface area contributed by atoms with E-state index in [0.717, 1.165) is 37.2 Å². The molecular weight excluding hydrogens is 292 g/mol. The molecule has 0 radical (unpaired) electrons. The molecule has 1 aromatic heterocycles. The van der Waals surface area contributed by atoms with Gasteiger partial charge < -0.3 is 0 Å². The first-order valence-corrected chi connectivity index (χ1v) is 9.66. The minimum Gasteiger partial charge on any atom is -0.294 e. The molecule has 0 aliphatic carbocycles. The van der Waals surface area contributed by atoms with Crippen LogP contribution in [0, 0.1) is 11.3 Å². The number of thiophene rings is 1. The first-order valence-electron chi connectivity index (χ1n) is 6.96. The molecule has 2 heterocycles. The van der Waals surface area contributed by atoms with Crippen LogP contribution in [0.25, 0.3) is 0 Å². The van der Waals surface area contributed by atoms with Crippen LogP contribution in [-0.2, 0) is 16.4 Å². The van der Waals surface area contributed by atoms with Gasteiger partial charge in [-0.3, -0.25) is 4.90 Å². The smallest absolute Gasteiger partial charge is 0.151 e. The van der Waals surface area contributed by atoms with Crippen LogP contribution in [0.5, 0.6) is 0 Å². The lowest BCUT2D eigenvalue weighted by atomic mass is 10.2. The zero-order valence-electron chi connectivity index (χ0n) is 11.7. The van der Waals surface area contributed by atoms with Gasteiger partial charge in [0, 0.05) is 22.8 Å². The third kappa shape index (κ3) is 4.05. The maximum absolute atomic E-state index is 11.7. The average molecular weight is 312 g/mol. The van der Waals surface area contributed by atoms with Gasteiger partial charge in [-0.15, -0.1) is 11.3 Å². The SMILES string of the molecule is CCCCN(Cc1cc(C#N)cs1)C1CCS(=O)(=O)C1. The Bertz CT molecular complexity index is 587. The molecule has 1 aliphatic rings. The normalized spacial score (nSPS) is 21.1. The van der Waals surface area contributed by atoms with E-state index in [1.54, 1.807) is 11.3 Å². The Hall–Kier alpha value is -0.900. The molecule has 4 nitrogen and oxygen atoms in total. The van der Waals surface area contributed by atoms with Crippen LogP contribution in [0.3, 0.4) is 0 Å². The summed E-state index contributed by atoms with van der Waals surface area (Å²) in [5, 5.41) is 10.7. The quantitative estimate of drug-likeness (QED) is 0.809. The fourth-order valence-corrected chi connectivity index (χ4v) is 5.13. The summed E-state index contributed by atoms with van der Waals surface area (Å²) in [6, 6.07) is 4.19. The molecule has 0 N–H and O–H groups in total. The standard InChI is InChI=1S/C14H20N2O2S2/c1-2-3-5-16(13-4-6-20(17,18)11-13)9-14-7-12(8-15)10-19-14/h7,10,13H,2-6,9,11H2,1H3. The maximum atomic E-state index is 11.7. The second-order valence-electron chi connectivity index (χ2n) is 5.29. The summed E-state index contributed by atoms with van der Waals surface area (Å²) >= 11 is 1.58. The zero-order chi connectivity index (χ0) is 14.6. The molecule has 1 saturated heterocycles. The number of nitrogens with zero attached hydrogens (tertiary/aromatic N) is 2. The van der Waals surface area contributed by atoms with Gasteiger partial charge in [0.15, 0.2) is 9.84 Å². The van der Waals surface area contributed by atoms with E-state index in [1.807, 2.05) is 11.4 Å². The number of hydrogen-bond acceptors (Lipinski definition) is 5. The molecule has 1 unspecified atom stereocenters. The van der Waals surface area contributed by atoms with Crippen LogP contribution < -0.4 is 0 Å². The lowest BCUT2D eigenvalue weighted by Crippen LogP contribution is -2.36. The van der Waals surface area contributed by atoms with Gasteiger partial charge in [0.05, 0.1) is 17.1 Å². The Morgan fingerprint density at radius 3 is 2.90 bits per heavy atom. The number of rotatable bonds is 6. The molecule has 0 amide bonds. The lowest BCUT2D eigenvalue weighted by molar-refractivity contribution is 0.202. The van der Waals surface area contributed by atoms with E-state index < -0.39 is 9.84 Å². The van der Waals surface area contributed by atoms with Crippen molar-refractivity contribution in [1.82, 2.24) is 4.90 Å². The molecule has 0 spiro atoms. The van der Waals surface area contributed by atoms with Crippen molar-refractivity contribution in [2.24, 2.45) is 0 Å². The van der Waals surface area contributed by atoms with Gasteiger partial charge in [0.25, 0.3) is 0 Å². The summed E-state index contributed by atoms with van der Waals surface area (Å²) in [6.07, 6.45) is 2.92. The molecule has 0 aromatic carbocycles. The molecule has 2 rings (SSSR count). The van der Waals surface area contributed by atoms with E-state index >= 15 is 0 Å². The largest absolute Gasteiger partial charge is 0.294 e. The molecule has 0 bridgehead atoms. The average Bonchev–Trinajstić information content (AvgIpc) is 3.00. The molecule has 1 aromatic rings. The summed E-state index contributed by atoms with van der Waals surface area (Å²) in [7, 11) is -2.85. The van der Waals surface area contributed by atoms with E-state index in [9.17, 15) is 8.42 Å². The highest BCUT2D eigenvalue weighted by Gasteiger charge is 2.32. The van der Waals surface area contributed by atoms with E-state index in [1.165, 1.54) is 0 Å². The van der Waals surface area contributed by atoms with Crippen molar-refractivity contribution in [3.63, 3.8) is 0 Å². The van der Waals surface area contributed by atoms with Crippen LogP contribution in [0.2, 0.25) is 0 Å². The van der Waals surface area contributed by atoms with Crippen LogP contribution in [0.1, 0.15) is 36.6 Å². The second kappa shape index (κ2) is 6.70. The van der Waals surface area contributed by atoms with E-state index in [-0.39, 0.29) is 11.8 Å². The van der Waals surface area contributed by atoms with Crippen LogP contribution >= 0.6 is 11.3 Å². The fraction of sp³-hybridized carbons (Fsp3) is 0.643. The molecule has 20 heavy (non-hydrogen) atoms. The minimum absolute atomic E-state index is 0.138. The molecule has 1 fully saturated rings. The summed E-state index contributed by atoms with van der Waals surface area (Å²) in [5.41, 5.74) is 0.694. The van der Waals surface area contributed by atoms with Crippen LogP contribution in [0.4, 0.5) is 0 Å². The second-order valence-corrected chi connectivity index (χ2v) is 8.52. The lowest BCUT2D eigenvalue weighted by Gasteiger charge is -2.27. The van der Waals surface area contributed by atoms with Crippen molar-refractivity contribution in [2.45, 2.75) is 38.8 Å². The number of hydrogen-bond donors (Lipinski definition) is 0. The van der Waals surface area contributed by atoms with Crippen molar-refractivity contribution in [1.29, 1.82) is 5.26 Å². The van der Waals surface area contributed by atoms with Crippen molar-refractivity contribution >= 4 is 21.2 Å². The Balaban J connectivity index is 2.05. The van der Waals surface area contributed by atoms with Gasteiger partial charge in [-0.1, -0.05) is 13.3 Å². The molecule has 1 atom stereocenters.